The van der Waals surface area contributed by atoms with Gasteiger partial charge < -0.3 is 9.64 Å². The van der Waals surface area contributed by atoms with E-state index in [9.17, 15) is 9.59 Å². The smallest absolute Gasteiger partial charge is 0.325 e. The maximum Gasteiger partial charge on any atom is 0.325 e. The van der Waals surface area contributed by atoms with Crippen LogP contribution in [0.25, 0.3) is 0 Å². The first-order valence-corrected chi connectivity index (χ1v) is 7.77. The molecule has 114 valence electrons. The third-order valence-corrected chi connectivity index (χ3v) is 4.38. The second kappa shape index (κ2) is 6.57. The fraction of sp³-hybridized carbons (Fsp3) is 0.867. The van der Waals surface area contributed by atoms with Gasteiger partial charge in [-0.15, -0.1) is 0 Å². The average molecular weight is 282 g/mol. The number of ether oxygens (including phenoxy) is 1. The number of carbonyl (C=O) groups is 2. The average Bonchev–Trinajstić information content (AvgIpc) is 2.63. The van der Waals surface area contributed by atoms with Crippen LogP contribution >= 0.6 is 0 Å². The second-order valence-electron chi connectivity index (χ2n) is 6.30. The minimum absolute atomic E-state index is 0.107. The Balaban J connectivity index is 1.87. The van der Waals surface area contributed by atoms with Crippen LogP contribution in [-0.4, -0.2) is 42.1 Å². The Morgan fingerprint density at radius 1 is 1.20 bits per heavy atom. The summed E-state index contributed by atoms with van der Waals surface area (Å²) < 4.78 is 5.59. The summed E-state index contributed by atoms with van der Waals surface area (Å²) in [7, 11) is 0. The van der Waals surface area contributed by atoms with E-state index >= 15 is 0 Å². The number of carbonyl (C=O) groups excluding carboxylic acids is 2. The summed E-state index contributed by atoms with van der Waals surface area (Å²) in [6.45, 7) is 6.05. The molecule has 2 aliphatic rings. The van der Waals surface area contributed by atoms with E-state index in [0.29, 0.717) is 25.7 Å². The molecule has 1 saturated carbocycles. The lowest BCUT2D eigenvalue weighted by Crippen LogP contribution is -2.52. The molecule has 2 rings (SSSR count). The summed E-state index contributed by atoms with van der Waals surface area (Å²) in [6, 6.07) is -0.246. The maximum atomic E-state index is 12.1. The normalized spacial score (nSPS) is 21.9. The molecule has 5 nitrogen and oxygen atoms in total. The number of nitrogens with zero attached hydrogens (tertiary/aromatic N) is 1. The van der Waals surface area contributed by atoms with Gasteiger partial charge in [0.05, 0.1) is 6.61 Å². The molecule has 0 aromatic rings. The summed E-state index contributed by atoms with van der Waals surface area (Å²) in [5, 5.41) is 2.48. The predicted octanol–water partition coefficient (Wildman–Crippen LogP) is 2.30. The fourth-order valence-electron chi connectivity index (χ4n) is 3.12. The van der Waals surface area contributed by atoms with E-state index in [1.807, 2.05) is 0 Å². The highest BCUT2D eigenvalue weighted by Crippen LogP contribution is 2.36. The van der Waals surface area contributed by atoms with E-state index < -0.39 is 5.54 Å². The monoisotopic (exact) mass is 282 g/mol. The molecule has 0 bridgehead atoms. The van der Waals surface area contributed by atoms with E-state index in [4.69, 9.17) is 4.74 Å². The minimum atomic E-state index is -0.587. The van der Waals surface area contributed by atoms with E-state index in [1.165, 1.54) is 0 Å². The van der Waals surface area contributed by atoms with Gasteiger partial charge in [0.15, 0.2) is 0 Å². The molecule has 5 heteroatoms. The van der Waals surface area contributed by atoms with Gasteiger partial charge in [-0.25, -0.2) is 4.79 Å². The molecule has 0 atom stereocenters. The molecule has 0 aromatic carbocycles. The van der Waals surface area contributed by atoms with E-state index in [0.717, 1.165) is 38.5 Å². The Morgan fingerprint density at radius 3 is 2.55 bits per heavy atom. The summed E-state index contributed by atoms with van der Waals surface area (Å²) in [6.07, 6.45) is 5.79. The SMILES string of the molecule is CC(C)CCOCCN1C(=O)NC(=O)C12CCCCC2. The number of nitrogens with one attached hydrogen (secondary N) is 1. The maximum absolute atomic E-state index is 12.1. The predicted molar refractivity (Wildman–Crippen MR) is 76.3 cm³/mol. The largest absolute Gasteiger partial charge is 0.380 e. The van der Waals surface area contributed by atoms with Crippen LogP contribution < -0.4 is 5.32 Å². The van der Waals surface area contributed by atoms with E-state index in [1.54, 1.807) is 4.90 Å². The van der Waals surface area contributed by atoms with E-state index in [-0.39, 0.29) is 11.9 Å². The first kappa shape index (κ1) is 15.3. The van der Waals surface area contributed by atoms with Crippen LogP contribution in [0.4, 0.5) is 4.79 Å². The zero-order chi connectivity index (χ0) is 14.6. The highest BCUT2D eigenvalue weighted by Gasteiger charge is 2.52. The molecule has 0 unspecified atom stereocenters. The standard InChI is InChI=1S/C15H26N2O3/c1-12(2)6-10-20-11-9-17-14(19)16-13(18)15(17)7-4-3-5-8-15/h12H,3-11H2,1-2H3,(H,16,18,19). The Kier molecular flexibility index (Phi) is 5.02. The van der Waals surface area contributed by atoms with Gasteiger partial charge in [0.25, 0.3) is 5.91 Å². The molecule has 20 heavy (non-hydrogen) atoms. The molecule has 1 spiro atoms. The Hall–Kier alpha value is -1.10. The van der Waals surface area contributed by atoms with Crippen molar-refractivity contribution < 1.29 is 14.3 Å². The van der Waals surface area contributed by atoms with Crippen LogP contribution in [0, 0.1) is 5.92 Å². The third-order valence-electron chi connectivity index (χ3n) is 4.38. The Morgan fingerprint density at radius 2 is 1.90 bits per heavy atom. The van der Waals surface area contributed by atoms with E-state index in [2.05, 4.69) is 19.2 Å². The molecule has 0 radical (unpaired) electrons. The van der Waals surface area contributed by atoms with Gasteiger partial charge in [0.1, 0.15) is 5.54 Å². The summed E-state index contributed by atoms with van der Waals surface area (Å²) in [4.78, 5) is 25.8. The number of urea groups is 1. The lowest BCUT2D eigenvalue weighted by atomic mass is 9.80. The summed E-state index contributed by atoms with van der Waals surface area (Å²) >= 11 is 0. The van der Waals surface area contributed by atoms with Crippen LogP contribution in [0.1, 0.15) is 52.4 Å². The topological polar surface area (TPSA) is 58.6 Å². The van der Waals surface area contributed by atoms with Gasteiger partial charge in [-0.3, -0.25) is 10.1 Å². The first-order valence-electron chi connectivity index (χ1n) is 7.77. The van der Waals surface area contributed by atoms with Crippen molar-refractivity contribution in [1.82, 2.24) is 10.2 Å². The number of amides is 3. The molecule has 3 amide bonds. The number of hydrogen-bond donors (Lipinski definition) is 1. The van der Waals surface area contributed by atoms with Crippen LogP contribution in [0.2, 0.25) is 0 Å². The van der Waals surface area contributed by atoms with Crippen molar-refractivity contribution in [3.63, 3.8) is 0 Å². The van der Waals surface area contributed by atoms with Gasteiger partial charge in [0, 0.05) is 13.2 Å². The lowest BCUT2D eigenvalue weighted by molar-refractivity contribution is -0.128. The van der Waals surface area contributed by atoms with Gasteiger partial charge in [0.2, 0.25) is 0 Å². The van der Waals surface area contributed by atoms with Gasteiger partial charge in [-0.2, -0.15) is 0 Å². The van der Waals surface area contributed by atoms with Crippen molar-refractivity contribution in [2.45, 2.75) is 57.9 Å². The third kappa shape index (κ3) is 3.14. The zero-order valence-corrected chi connectivity index (χ0v) is 12.6. The number of imide groups is 1. The summed E-state index contributed by atoms with van der Waals surface area (Å²) in [5.41, 5.74) is -0.587. The van der Waals surface area contributed by atoms with Gasteiger partial charge in [-0.05, 0) is 25.2 Å². The molecule has 2 fully saturated rings. The quantitative estimate of drug-likeness (QED) is 0.601. The lowest BCUT2D eigenvalue weighted by Gasteiger charge is -2.38. The van der Waals surface area contributed by atoms with Crippen LogP contribution in [0.3, 0.4) is 0 Å². The van der Waals surface area contributed by atoms with Crippen molar-refractivity contribution in [2.24, 2.45) is 5.92 Å². The van der Waals surface area contributed by atoms with Crippen molar-refractivity contribution in [2.75, 3.05) is 19.8 Å². The van der Waals surface area contributed by atoms with Gasteiger partial charge >= 0.3 is 6.03 Å². The molecule has 1 heterocycles. The Labute approximate surface area is 121 Å². The van der Waals surface area contributed by atoms with Crippen molar-refractivity contribution >= 4 is 11.9 Å². The fourth-order valence-corrected chi connectivity index (χ4v) is 3.12. The molecule has 1 aliphatic carbocycles. The second-order valence-corrected chi connectivity index (χ2v) is 6.30. The highest BCUT2D eigenvalue weighted by molar-refractivity contribution is 6.07. The molecule has 1 N–H and O–H groups in total. The van der Waals surface area contributed by atoms with Crippen molar-refractivity contribution in [1.29, 1.82) is 0 Å². The minimum Gasteiger partial charge on any atom is -0.380 e. The first-order chi connectivity index (χ1) is 9.56. The molecule has 0 aromatic heterocycles. The number of rotatable bonds is 6. The van der Waals surface area contributed by atoms with Gasteiger partial charge in [-0.1, -0.05) is 33.1 Å². The molecule has 1 saturated heterocycles. The molecule has 1 aliphatic heterocycles. The molecular formula is C15H26N2O3. The summed E-state index contributed by atoms with van der Waals surface area (Å²) in [5.74, 6) is 0.515. The number of hydrogen-bond acceptors (Lipinski definition) is 3. The molecular weight excluding hydrogens is 256 g/mol. The highest BCUT2D eigenvalue weighted by atomic mass is 16.5. The van der Waals surface area contributed by atoms with Crippen LogP contribution in [0.15, 0.2) is 0 Å². The Bertz CT molecular complexity index is 362. The van der Waals surface area contributed by atoms with Crippen molar-refractivity contribution in [3.05, 3.63) is 0 Å². The van der Waals surface area contributed by atoms with Crippen molar-refractivity contribution in [3.8, 4) is 0 Å². The zero-order valence-electron chi connectivity index (χ0n) is 12.6. The van der Waals surface area contributed by atoms with Crippen LogP contribution in [0.5, 0.6) is 0 Å². The van der Waals surface area contributed by atoms with Crippen LogP contribution in [-0.2, 0) is 9.53 Å².